The lowest BCUT2D eigenvalue weighted by Gasteiger charge is -2.12. The molecule has 0 aromatic carbocycles. The summed E-state index contributed by atoms with van der Waals surface area (Å²) in [5, 5.41) is 0. The molecular weight excluding hydrogens is 305 g/mol. The van der Waals surface area contributed by atoms with Crippen molar-refractivity contribution in [1.29, 1.82) is 0 Å². The van der Waals surface area contributed by atoms with Crippen LogP contribution in [-0.4, -0.2) is 33.0 Å². The number of carbonyl (C=O) groups excluding carboxylic acids is 1. The van der Waals surface area contributed by atoms with Crippen molar-refractivity contribution in [1.82, 2.24) is 9.38 Å². The number of esters is 1. The van der Waals surface area contributed by atoms with Crippen LogP contribution >= 0.6 is 11.8 Å². The highest BCUT2D eigenvalue weighted by molar-refractivity contribution is 7.99. The monoisotopic (exact) mass is 316 g/mol. The number of rotatable bonds is 2. The minimum atomic E-state index is -4.70. The van der Waals surface area contributed by atoms with Crippen molar-refractivity contribution in [3.05, 3.63) is 35.8 Å². The highest BCUT2D eigenvalue weighted by Crippen LogP contribution is 2.33. The van der Waals surface area contributed by atoms with Crippen LogP contribution < -0.4 is 0 Å². The van der Waals surface area contributed by atoms with Crippen LogP contribution in [0.3, 0.4) is 0 Å². The van der Waals surface area contributed by atoms with E-state index in [0.717, 1.165) is 10.2 Å². The number of carbonyl (C=O) groups is 1. The highest BCUT2D eigenvalue weighted by Gasteiger charge is 2.41. The topological polar surface area (TPSA) is 43.6 Å². The second-order valence-corrected chi connectivity index (χ2v) is 5.78. The Morgan fingerprint density at radius 2 is 2.24 bits per heavy atom. The molecule has 0 saturated carbocycles. The average molecular weight is 316 g/mol. The number of pyridine rings is 1. The van der Waals surface area contributed by atoms with Gasteiger partial charge < -0.3 is 4.74 Å². The lowest BCUT2D eigenvalue weighted by molar-refractivity contribution is -0.141. The summed E-state index contributed by atoms with van der Waals surface area (Å²) in [5.41, 5.74) is -1.70. The SMILES string of the molecule is O=C(OC1CCSC1)c1c(C(F)(F)F)nc2ccccn12. The van der Waals surface area contributed by atoms with E-state index in [1.54, 1.807) is 17.8 Å². The van der Waals surface area contributed by atoms with Crippen molar-refractivity contribution >= 4 is 23.4 Å². The normalized spacial score (nSPS) is 19.1. The zero-order chi connectivity index (χ0) is 15.0. The summed E-state index contributed by atoms with van der Waals surface area (Å²) in [7, 11) is 0. The molecule has 1 saturated heterocycles. The third kappa shape index (κ3) is 2.72. The van der Waals surface area contributed by atoms with Crippen molar-refractivity contribution in [2.45, 2.75) is 18.7 Å². The predicted octanol–water partition coefficient (Wildman–Crippen LogP) is 3.02. The molecule has 21 heavy (non-hydrogen) atoms. The van der Waals surface area contributed by atoms with Gasteiger partial charge in [0.25, 0.3) is 0 Å². The van der Waals surface area contributed by atoms with E-state index in [1.165, 1.54) is 18.3 Å². The summed E-state index contributed by atoms with van der Waals surface area (Å²) in [4.78, 5) is 15.7. The second-order valence-electron chi connectivity index (χ2n) is 4.63. The number of halogens is 3. The summed E-state index contributed by atoms with van der Waals surface area (Å²) in [6.07, 6.45) is -3.01. The van der Waals surface area contributed by atoms with E-state index >= 15 is 0 Å². The first-order chi connectivity index (χ1) is 9.97. The van der Waals surface area contributed by atoms with Gasteiger partial charge in [0, 0.05) is 11.9 Å². The minimum absolute atomic E-state index is 0.0672. The van der Waals surface area contributed by atoms with Gasteiger partial charge >= 0.3 is 12.1 Å². The van der Waals surface area contributed by atoms with Gasteiger partial charge in [-0.05, 0) is 24.3 Å². The molecule has 4 nitrogen and oxygen atoms in total. The minimum Gasteiger partial charge on any atom is -0.457 e. The van der Waals surface area contributed by atoms with Crippen LogP contribution in [0.2, 0.25) is 0 Å². The van der Waals surface area contributed by atoms with Gasteiger partial charge in [-0.25, -0.2) is 9.78 Å². The molecule has 0 amide bonds. The summed E-state index contributed by atoms with van der Waals surface area (Å²) in [6.45, 7) is 0. The molecule has 3 heterocycles. The van der Waals surface area contributed by atoms with Gasteiger partial charge in [0.05, 0.1) is 0 Å². The van der Waals surface area contributed by atoms with Crippen LogP contribution in [0.4, 0.5) is 13.2 Å². The first kappa shape index (κ1) is 14.2. The maximum Gasteiger partial charge on any atom is 0.435 e. The van der Waals surface area contributed by atoms with Crippen molar-refractivity contribution in [2.75, 3.05) is 11.5 Å². The third-order valence-electron chi connectivity index (χ3n) is 3.15. The fraction of sp³-hybridized carbons (Fsp3) is 0.385. The van der Waals surface area contributed by atoms with Crippen molar-refractivity contribution < 1.29 is 22.7 Å². The molecule has 112 valence electrons. The number of alkyl halides is 3. The van der Waals surface area contributed by atoms with E-state index in [0.29, 0.717) is 12.2 Å². The molecule has 0 aliphatic carbocycles. The Morgan fingerprint density at radius 1 is 1.43 bits per heavy atom. The Bertz CT molecular complexity index is 678. The number of ether oxygens (including phenoxy) is 1. The zero-order valence-electron chi connectivity index (χ0n) is 10.8. The molecule has 0 N–H and O–H groups in total. The number of nitrogens with zero attached hydrogens (tertiary/aromatic N) is 2. The largest absolute Gasteiger partial charge is 0.457 e. The zero-order valence-corrected chi connectivity index (χ0v) is 11.6. The molecule has 1 aliphatic rings. The van der Waals surface area contributed by atoms with Gasteiger partial charge in [-0.1, -0.05) is 6.07 Å². The quantitative estimate of drug-likeness (QED) is 0.799. The van der Waals surface area contributed by atoms with Gasteiger partial charge in [0.1, 0.15) is 11.8 Å². The molecule has 1 fully saturated rings. The van der Waals surface area contributed by atoms with Crippen LogP contribution in [0, 0.1) is 0 Å². The first-order valence-electron chi connectivity index (χ1n) is 6.30. The summed E-state index contributed by atoms with van der Waals surface area (Å²) in [5.74, 6) is 0.481. The Labute approximate surface area is 122 Å². The maximum absolute atomic E-state index is 13.1. The Hall–Kier alpha value is -1.70. The van der Waals surface area contributed by atoms with Gasteiger partial charge in [-0.15, -0.1) is 0 Å². The number of thioether (sulfide) groups is 1. The molecule has 1 unspecified atom stereocenters. The van der Waals surface area contributed by atoms with E-state index in [2.05, 4.69) is 4.98 Å². The fourth-order valence-electron chi connectivity index (χ4n) is 2.20. The van der Waals surface area contributed by atoms with Crippen LogP contribution in [-0.2, 0) is 10.9 Å². The predicted molar refractivity (Wildman–Crippen MR) is 71.3 cm³/mol. The summed E-state index contributed by atoms with van der Waals surface area (Å²) >= 11 is 1.61. The smallest absolute Gasteiger partial charge is 0.435 e. The Balaban J connectivity index is 2.04. The first-order valence-corrected chi connectivity index (χ1v) is 7.45. The summed E-state index contributed by atoms with van der Waals surface area (Å²) < 4.78 is 45.5. The van der Waals surface area contributed by atoms with Crippen molar-refractivity contribution in [3.63, 3.8) is 0 Å². The molecule has 0 radical (unpaired) electrons. The van der Waals surface area contributed by atoms with Crippen LogP contribution in [0.15, 0.2) is 24.4 Å². The van der Waals surface area contributed by atoms with Crippen molar-refractivity contribution in [3.8, 4) is 0 Å². The molecule has 1 aliphatic heterocycles. The number of hydrogen-bond acceptors (Lipinski definition) is 4. The molecule has 0 spiro atoms. The molecular formula is C13H11F3N2O2S. The van der Waals surface area contributed by atoms with Crippen LogP contribution in [0.5, 0.6) is 0 Å². The van der Waals surface area contributed by atoms with Gasteiger partial charge in [-0.3, -0.25) is 4.40 Å². The molecule has 8 heteroatoms. The van der Waals surface area contributed by atoms with Gasteiger partial charge in [0.15, 0.2) is 11.4 Å². The summed E-state index contributed by atoms with van der Waals surface area (Å²) in [6, 6.07) is 4.51. The van der Waals surface area contributed by atoms with E-state index < -0.39 is 23.5 Å². The standard InChI is InChI=1S/C13H11F3N2O2S/c14-13(15,16)11-10(12(19)20-8-4-6-21-7-8)18-5-2-1-3-9(18)17-11/h1-3,5,8H,4,6-7H2. The lowest BCUT2D eigenvalue weighted by Crippen LogP contribution is -2.22. The average Bonchev–Trinajstić information content (AvgIpc) is 3.03. The van der Waals surface area contributed by atoms with Gasteiger partial charge in [-0.2, -0.15) is 24.9 Å². The van der Waals surface area contributed by atoms with Crippen LogP contribution in [0.25, 0.3) is 5.65 Å². The molecule has 1 atom stereocenters. The van der Waals surface area contributed by atoms with E-state index in [4.69, 9.17) is 4.74 Å². The number of aromatic nitrogens is 2. The molecule has 3 rings (SSSR count). The third-order valence-corrected chi connectivity index (χ3v) is 4.29. The molecule has 2 aromatic heterocycles. The van der Waals surface area contributed by atoms with E-state index in [9.17, 15) is 18.0 Å². The molecule has 0 bridgehead atoms. The number of fused-ring (bicyclic) bond motifs is 1. The molecule has 2 aromatic rings. The van der Waals surface area contributed by atoms with Gasteiger partial charge in [0.2, 0.25) is 0 Å². The maximum atomic E-state index is 13.1. The van der Waals surface area contributed by atoms with E-state index in [-0.39, 0.29) is 11.8 Å². The second kappa shape index (κ2) is 5.25. The number of hydrogen-bond donors (Lipinski definition) is 0. The van der Waals surface area contributed by atoms with Crippen LogP contribution in [0.1, 0.15) is 22.6 Å². The fourth-order valence-corrected chi connectivity index (χ4v) is 3.30. The number of imidazole rings is 1. The van der Waals surface area contributed by atoms with E-state index in [1.807, 2.05) is 0 Å². The Kier molecular flexibility index (Phi) is 3.56. The lowest BCUT2D eigenvalue weighted by atomic mass is 10.3. The Morgan fingerprint density at radius 3 is 2.90 bits per heavy atom. The van der Waals surface area contributed by atoms with Crippen molar-refractivity contribution in [2.24, 2.45) is 0 Å². The highest BCUT2D eigenvalue weighted by atomic mass is 32.2.